The first-order chi connectivity index (χ1) is 26.8. The lowest BCUT2D eigenvalue weighted by Crippen LogP contribution is -1.97. The van der Waals surface area contributed by atoms with E-state index in [4.69, 9.17) is 9.97 Å². The summed E-state index contributed by atoms with van der Waals surface area (Å²) in [4.78, 5) is 10.1. The summed E-state index contributed by atoms with van der Waals surface area (Å²) in [5.74, 6) is 0.727. The highest BCUT2D eigenvalue weighted by atomic mass is 15.0. The zero-order valence-electron chi connectivity index (χ0n) is 29.1. The maximum atomic E-state index is 5.21. The fraction of sp³-hybridized carbons (Fsp3) is 0. The van der Waals surface area contributed by atoms with Gasteiger partial charge in [0.05, 0.1) is 27.8 Å². The van der Waals surface area contributed by atoms with E-state index >= 15 is 0 Å². The molecule has 0 saturated heterocycles. The number of benzene rings is 8. The molecule has 4 heteroatoms. The van der Waals surface area contributed by atoms with Gasteiger partial charge in [-0.25, -0.2) is 9.97 Å². The molecule has 0 N–H and O–H groups in total. The summed E-state index contributed by atoms with van der Waals surface area (Å²) in [5.41, 5.74) is 14.8. The summed E-state index contributed by atoms with van der Waals surface area (Å²) >= 11 is 0. The third-order valence-electron chi connectivity index (χ3n) is 11.3. The molecule has 0 radical (unpaired) electrons. The largest absolute Gasteiger partial charge is 0.309 e. The summed E-state index contributed by atoms with van der Waals surface area (Å²) < 4.78 is 4.76. The van der Waals surface area contributed by atoms with Gasteiger partial charge in [0.1, 0.15) is 0 Å². The molecule has 1 aliphatic carbocycles. The second-order valence-electron chi connectivity index (χ2n) is 14.2. The third-order valence-corrected chi connectivity index (χ3v) is 11.3. The van der Waals surface area contributed by atoms with Crippen LogP contribution in [0.3, 0.4) is 0 Å². The van der Waals surface area contributed by atoms with Crippen molar-refractivity contribution in [1.29, 1.82) is 0 Å². The number of hydrogen-bond donors (Lipinski definition) is 0. The number of para-hydroxylation sites is 3. The van der Waals surface area contributed by atoms with Gasteiger partial charge in [0.25, 0.3) is 0 Å². The number of hydrogen-bond acceptors (Lipinski definition) is 2. The van der Waals surface area contributed by atoms with Crippen LogP contribution in [0.15, 0.2) is 182 Å². The van der Waals surface area contributed by atoms with E-state index in [0.29, 0.717) is 0 Å². The molecule has 12 rings (SSSR count). The lowest BCUT2D eigenvalue weighted by Gasteiger charge is -2.11. The molecular formula is C50H30N4. The second kappa shape index (κ2) is 11.1. The van der Waals surface area contributed by atoms with E-state index in [-0.39, 0.29) is 0 Å². The first-order valence-corrected chi connectivity index (χ1v) is 18.4. The molecule has 1 aliphatic rings. The minimum Gasteiger partial charge on any atom is -0.309 e. The topological polar surface area (TPSA) is 35.6 Å². The van der Waals surface area contributed by atoms with Gasteiger partial charge >= 0.3 is 0 Å². The van der Waals surface area contributed by atoms with Crippen molar-refractivity contribution in [3.63, 3.8) is 0 Å². The maximum Gasteiger partial charge on any atom is 0.159 e. The van der Waals surface area contributed by atoms with Crippen LogP contribution in [0.4, 0.5) is 0 Å². The first kappa shape index (κ1) is 29.3. The fourth-order valence-electron chi connectivity index (χ4n) is 8.91. The average molecular weight is 687 g/mol. The van der Waals surface area contributed by atoms with Crippen LogP contribution in [0.1, 0.15) is 0 Å². The lowest BCUT2D eigenvalue weighted by atomic mass is 10.0. The highest BCUT2D eigenvalue weighted by Crippen LogP contribution is 2.46. The molecule has 0 atom stereocenters. The molecule has 0 fully saturated rings. The Kier molecular flexibility index (Phi) is 6.02. The Morgan fingerprint density at radius 1 is 0.370 bits per heavy atom. The van der Waals surface area contributed by atoms with Crippen LogP contribution in [-0.4, -0.2) is 19.1 Å². The molecule has 4 nitrogen and oxygen atoms in total. The smallest absolute Gasteiger partial charge is 0.159 e. The Bertz CT molecular complexity index is 3330. The van der Waals surface area contributed by atoms with Gasteiger partial charge in [-0.3, -0.25) is 0 Å². The first-order valence-electron chi connectivity index (χ1n) is 18.4. The molecule has 3 heterocycles. The van der Waals surface area contributed by atoms with Gasteiger partial charge in [0.2, 0.25) is 0 Å². The lowest BCUT2D eigenvalue weighted by molar-refractivity contribution is 1.16. The van der Waals surface area contributed by atoms with E-state index in [1.54, 1.807) is 0 Å². The number of aromatic nitrogens is 4. The van der Waals surface area contributed by atoms with Crippen LogP contribution >= 0.6 is 0 Å². The summed E-state index contributed by atoms with van der Waals surface area (Å²) in [7, 11) is 0. The van der Waals surface area contributed by atoms with E-state index in [2.05, 4.69) is 185 Å². The Balaban J connectivity index is 1.01. The average Bonchev–Trinajstić information content (AvgIpc) is 3.87. The molecule has 0 saturated carbocycles. The van der Waals surface area contributed by atoms with Crippen molar-refractivity contribution in [2.45, 2.75) is 0 Å². The van der Waals surface area contributed by atoms with Crippen LogP contribution in [0, 0.1) is 0 Å². The van der Waals surface area contributed by atoms with Gasteiger partial charge in [0, 0.05) is 55.8 Å². The van der Waals surface area contributed by atoms with Crippen LogP contribution in [-0.2, 0) is 0 Å². The summed E-state index contributed by atoms with van der Waals surface area (Å²) in [6.07, 6.45) is 2.00. The van der Waals surface area contributed by atoms with Gasteiger partial charge in [-0.05, 0) is 82.1 Å². The molecule has 0 aliphatic heterocycles. The summed E-state index contributed by atoms with van der Waals surface area (Å²) in [6.45, 7) is 0. The van der Waals surface area contributed by atoms with Crippen LogP contribution in [0.2, 0.25) is 0 Å². The van der Waals surface area contributed by atoms with Crippen molar-refractivity contribution in [3.8, 4) is 56.3 Å². The van der Waals surface area contributed by atoms with Crippen LogP contribution < -0.4 is 0 Å². The highest BCUT2D eigenvalue weighted by Gasteiger charge is 2.24. The quantitative estimate of drug-likeness (QED) is 0.185. The minimum absolute atomic E-state index is 0.727. The Labute approximate surface area is 310 Å². The monoisotopic (exact) mass is 686 g/mol. The predicted octanol–water partition coefficient (Wildman–Crippen LogP) is 12.8. The fourth-order valence-corrected chi connectivity index (χ4v) is 8.91. The number of nitrogens with zero attached hydrogens (tertiary/aromatic N) is 4. The number of fused-ring (bicyclic) bond motifs is 9. The molecule has 0 bridgehead atoms. The predicted molar refractivity (Wildman–Crippen MR) is 224 cm³/mol. The SMILES string of the molecule is c1ccc(-n2c3ccccc3c3cc(-c4ccc5c6ccccc6n(-c6cccc(-c7ncc8c(n7)-c7cccc9cccc-8c79)c6)c5c4)ccc32)cc1. The Hall–Kier alpha value is -7.30. The van der Waals surface area contributed by atoms with Gasteiger partial charge in [-0.1, -0.05) is 121 Å². The summed E-state index contributed by atoms with van der Waals surface area (Å²) in [6, 6.07) is 63.4. The van der Waals surface area contributed by atoms with Crippen molar-refractivity contribution in [3.05, 3.63) is 182 Å². The van der Waals surface area contributed by atoms with E-state index in [1.165, 1.54) is 71.1 Å². The molecule has 0 spiro atoms. The standard InChI is InChI=1S/C50H30N4/c1-2-14-35(15-3-1)53-45-22-7-5-18-38(45)42-28-32(24-26-46(42)53)33-23-25-39-37-17-4-6-21-44(37)54(47(39)29-33)36-16-8-13-34(27-36)50-51-30-43-40-19-9-11-31-12-10-20-41(48(31)40)49(43)52-50/h1-30H. The van der Waals surface area contributed by atoms with Gasteiger partial charge in [0.15, 0.2) is 5.82 Å². The molecule has 8 aromatic carbocycles. The minimum atomic E-state index is 0.727. The zero-order valence-corrected chi connectivity index (χ0v) is 29.1. The molecule has 250 valence electrons. The van der Waals surface area contributed by atoms with Gasteiger partial charge in [-0.15, -0.1) is 0 Å². The van der Waals surface area contributed by atoms with Crippen molar-refractivity contribution >= 4 is 54.4 Å². The van der Waals surface area contributed by atoms with Gasteiger partial charge in [-0.2, -0.15) is 0 Å². The maximum absolute atomic E-state index is 5.21. The molecule has 11 aromatic rings. The van der Waals surface area contributed by atoms with E-state index in [1.807, 2.05) is 6.20 Å². The van der Waals surface area contributed by atoms with E-state index in [9.17, 15) is 0 Å². The Morgan fingerprint density at radius 2 is 1.00 bits per heavy atom. The molecular weight excluding hydrogens is 657 g/mol. The van der Waals surface area contributed by atoms with Crippen molar-refractivity contribution in [2.24, 2.45) is 0 Å². The third kappa shape index (κ3) is 4.13. The van der Waals surface area contributed by atoms with Crippen LogP contribution in [0.25, 0.3) is 111 Å². The van der Waals surface area contributed by atoms with Crippen LogP contribution in [0.5, 0.6) is 0 Å². The van der Waals surface area contributed by atoms with E-state index < -0.39 is 0 Å². The number of rotatable bonds is 4. The normalized spacial score (nSPS) is 12.1. The Morgan fingerprint density at radius 3 is 1.83 bits per heavy atom. The second-order valence-corrected chi connectivity index (χ2v) is 14.2. The summed E-state index contributed by atoms with van der Waals surface area (Å²) in [5, 5.41) is 7.44. The van der Waals surface area contributed by atoms with E-state index in [0.717, 1.165) is 39.5 Å². The van der Waals surface area contributed by atoms with Crippen molar-refractivity contribution in [1.82, 2.24) is 19.1 Å². The van der Waals surface area contributed by atoms with Crippen molar-refractivity contribution in [2.75, 3.05) is 0 Å². The highest BCUT2D eigenvalue weighted by molar-refractivity contribution is 6.15. The van der Waals surface area contributed by atoms with Gasteiger partial charge < -0.3 is 9.13 Å². The molecule has 54 heavy (non-hydrogen) atoms. The molecule has 0 unspecified atom stereocenters. The molecule has 3 aromatic heterocycles. The molecule has 0 amide bonds. The van der Waals surface area contributed by atoms with Crippen molar-refractivity contribution < 1.29 is 0 Å². The zero-order chi connectivity index (χ0) is 35.3.